The molecule has 0 radical (unpaired) electrons. The molecule has 106 valence electrons. The lowest BCUT2D eigenvalue weighted by Crippen LogP contribution is -2.12. The van der Waals surface area contributed by atoms with E-state index >= 15 is 0 Å². The summed E-state index contributed by atoms with van der Waals surface area (Å²) in [4.78, 5) is 13.3. The summed E-state index contributed by atoms with van der Waals surface area (Å²) in [6.45, 7) is 5.39. The Morgan fingerprint density at radius 3 is 2.20 bits per heavy atom. The lowest BCUT2D eigenvalue weighted by atomic mass is 9.87. The molecule has 0 saturated carbocycles. The summed E-state index contributed by atoms with van der Waals surface area (Å²) in [6, 6.07) is 3.35. The van der Waals surface area contributed by atoms with Crippen molar-refractivity contribution >= 4 is 5.69 Å². The van der Waals surface area contributed by atoms with Gasteiger partial charge >= 0.3 is 0 Å². The third kappa shape index (κ3) is 2.29. The second kappa shape index (κ2) is 4.70. The van der Waals surface area contributed by atoms with Crippen LogP contribution in [0.4, 0.5) is 14.5 Å². The van der Waals surface area contributed by atoms with Crippen molar-refractivity contribution < 1.29 is 13.7 Å². The van der Waals surface area contributed by atoms with Crippen molar-refractivity contribution in [3.8, 4) is 11.3 Å². The van der Waals surface area contributed by atoms with Gasteiger partial charge in [-0.15, -0.1) is 0 Å². The molecule has 0 aliphatic carbocycles. The SMILES string of the molecule is CC(C)(C)c1c[nH]c(-c2c(F)cccc2F)c1[N+](=O)[O-]. The molecule has 0 spiro atoms. The quantitative estimate of drug-likeness (QED) is 0.663. The summed E-state index contributed by atoms with van der Waals surface area (Å²) in [5, 5.41) is 11.3. The second-order valence-corrected chi connectivity index (χ2v) is 5.53. The minimum Gasteiger partial charge on any atom is -0.355 e. The molecule has 0 atom stereocenters. The molecule has 20 heavy (non-hydrogen) atoms. The lowest BCUT2D eigenvalue weighted by molar-refractivity contribution is -0.385. The highest BCUT2D eigenvalue weighted by molar-refractivity contribution is 5.74. The topological polar surface area (TPSA) is 58.9 Å². The molecule has 1 N–H and O–H groups in total. The summed E-state index contributed by atoms with van der Waals surface area (Å²) >= 11 is 0. The molecule has 1 aromatic heterocycles. The fourth-order valence-corrected chi connectivity index (χ4v) is 2.10. The zero-order valence-electron chi connectivity index (χ0n) is 11.3. The zero-order chi connectivity index (χ0) is 15.1. The number of aromatic nitrogens is 1. The molecule has 1 heterocycles. The molecule has 0 fully saturated rings. The van der Waals surface area contributed by atoms with Crippen molar-refractivity contribution in [3.05, 3.63) is 51.7 Å². The highest BCUT2D eigenvalue weighted by Crippen LogP contribution is 2.40. The first-order chi connectivity index (χ1) is 9.23. The summed E-state index contributed by atoms with van der Waals surface area (Å²) in [5.74, 6) is -1.68. The molecule has 1 aromatic carbocycles. The van der Waals surface area contributed by atoms with Crippen LogP contribution in [0.3, 0.4) is 0 Å². The van der Waals surface area contributed by atoms with Gasteiger partial charge in [0.2, 0.25) is 0 Å². The van der Waals surface area contributed by atoms with Crippen molar-refractivity contribution in [1.82, 2.24) is 4.98 Å². The number of rotatable bonds is 2. The molecule has 0 unspecified atom stereocenters. The summed E-state index contributed by atoms with van der Waals surface area (Å²) in [7, 11) is 0. The molecule has 0 aliphatic heterocycles. The average Bonchev–Trinajstić information content (AvgIpc) is 2.73. The Morgan fingerprint density at radius 2 is 1.75 bits per heavy atom. The first-order valence-corrected chi connectivity index (χ1v) is 6.04. The van der Waals surface area contributed by atoms with Crippen molar-refractivity contribution in [3.63, 3.8) is 0 Å². The van der Waals surface area contributed by atoms with Crippen LogP contribution in [0, 0.1) is 21.7 Å². The minimum absolute atomic E-state index is 0.143. The van der Waals surface area contributed by atoms with Crippen molar-refractivity contribution in [2.75, 3.05) is 0 Å². The molecule has 0 bridgehead atoms. The van der Waals surface area contributed by atoms with Gasteiger partial charge in [0.15, 0.2) is 0 Å². The zero-order valence-corrected chi connectivity index (χ0v) is 11.3. The van der Waals surface area contributed by atoms with Crippen LogP contribution in [-0.2, 0) is 5.41 Å². The molecule has 0 aliphatic rings. The van der Waals surface area contributed by atoms with E-state index in [1.807, 2.05) is 0 Å². The molecule has 0 amide bonds. The third-order valence-electron chi connectivity index (χ3n) is 3.06. The van der Waals surface area contributed by atoms with Crippen LogP contribution >= 0.6 is 0 Å². The van der Waals surface area contributed by atoms with Gasteiger partial charge in [0.1, 0.15) is 17.3 Å². The van der Waals surface area contributed by atoms with Crippen LogP contribution in [0.5, 0.6) is 0 Å². The minimum atomic E-state index is -0.838. The first kappa shape index (κ1) is 14.2. The van der Waals surface area contributed by atoms with Gasteiger partial charge in [0, 0.05) is 6.20 Å². The number of nitrogens with zero attached hydrogens (tertiary/aromatic N) is 1. The van der Waals surface area contributed by atoms with Gasteiger partial charge in [-0.2, -0.15) is 0 Å². The second-order valence-electron chi connectivity index (χ2n) is 5.53. The van der Waals surface area contributed by atoms with Crippen LogP contribution in [0.2, 0.25) is 0 Å². The predicted molar refractivity (Wildman–Crippen MR) is 71.5 cm³/mol. The summed E-state index contributed by atoms with van der Waals surface area (Å²) in [6.07, 6.45) is 1.43. The van der Waals surface area contributed by atoms with Crippen LogP contribution < -0.4 is 0 Å². The van der Waals surface area contributed by atoms with E-state index in [2.05, 4.69) is 4.98 Å². The largest absolute Gasteiger partial charge is 0.355 e. The normalized spacial score (nSPS) is 11.7. The van der Waals surface area contributed by atoms with Gasteiger partial charge in [0.25, 0.3) is 5.69 Å². The van der Waals surface area contributed by atoms with Crippen LogP contribution in [0.1, 0.15) is 26.3 Å². The molecule has 4 nitrogen and oxygen atoms in total. The van der Waals surface area contributed by atoms with Crippen LogP contribution in [-0.4, -0.2) is 9.91 Å². The van der Waals surface area contributed by atoms with E-state index in [-0.39, 0.29) is 11.4 Å². The van der Waals surface area contributed by atoms with Gasteiger partial charge in [-0.25, -0.2) is 8.78 Å². The Hall–Kier alpha value is -2.24. The summed E-state index contributed by atoms with van der Waals surface area (Å²) in [5.41, 5.74) is -0.953. The number of hydrogen-bond donors (Lipinski definition) is 1. The number of halogens is 2. The Balaban J connectivity index is 2.77. The van der Waals surface area contributed by atoms with Crippen LogP contribution in [0.15, 0.2) is 24.4 Å². The Kier molecular flexibility index (Phi) is 3.33. The molecule has 2 rings (SSSR count). The smallest absolute Gasteiger partial charge is 0.298 e. The van der Waals surface area contributed by atoms with E-state index in [1.165, 1.54) is 12.3 Å². The molecule has 2 aromatic rings. The number of nitro groups is 1. The highest BCUT2D eigenvalue weighted by atomic mass is 19.1. The summed E-state index contributed by atoms with van der Waals surface area (Å²) < 4.78 is 27.6. The van der Waals surface area contributed by atoms with Crippen molar-refractivity contribution in [2.24, 2.45) is 0 Å². The number of hydrogen-bond acceptors (Lipinski definition) is 2. The average molecular weight is 280 g/mol. The molecule has 0 saturated heterocycles. The van der Waals surface area contributed by atoms with E-state index in [9.17, 15) is 18.9 Å². The Bertz CT molecular complexity index is 652. The maximum absolute atomic E-state index is 13.8. The van der Waals surface area contributed by atoms with Gasteiger partial charge in [0.05, 0.1) is 16.1 Å². The Labute approximate surface area is 114 Å². The molecule has 6 heteroatoms. The number of aromatic amines is 1. The molecular formula is C14H14F2N2O2. The first-order valence-electron chi connectivity index (χ1n) is 6.04. The van der Waals surface area contributed by atoms with Crippen molar-refractivity contribution in [1.29, 1.82) is 0 Å². The number of H-pyrrole nitrogens is 1. The van der Waals surface area contributed by atoms with E-state index < -0.39 is 27.5 Å². The maximum Gasteiger partial charge on any atom is 0.298 e. The van der Waals surface area contributed by atoms with E-state index in [0.29, 0.717) is 5.56 Å². The maximum atomic E-state index is 13.8. The number of benzene rings is 1. The van der Waals surface area contributed by atoms with E-state index in [4.69, 9.17) is 0 Å². The van der Waals surface area contributed by atoms with Gasteiger partial charge in [-0.05, 0) is 17.5 Å². The van der Waals surface area contributed by atoms with Crippen molar-refractivity contribution in [2.45, 2.75) is 26.2 Å². The fourth-order valence-electron chi connectivity index (χ4n) is 2.10. The Morgan fingerprint density at radius 1 is 1.20 bits per heavy atom. The standard InChI is InChI=1S/C14H14F2N2O2/c1-14(2,3)8-7-17-12(13(8)18(19)20)11-9(15)5-4-6-10(11)16/h4-7,17H,1-3H3. The van der Waals surface area contributed by atoms with E-state index in [1.54, 1.807) is 20.8 Å². The van der Waals surface area contributed by atoms with Crippen LogP contribution in [0.25, 0.3) is 11.3 Å². The van der Waals surface area contributed by atoms with Gasteiger partial charge in [-0.1, -0.05) is 26.8 Å². The van der Waals surface area contributed by atoms with Gasteiger partial charge in [-0.3, -0.25) is 10.1 Å². The monoisotopic (exact) mass is 280 g/mol. The fraction of sp³-hybridized carbons (Fsp3) is 0.286. The lowest BCUT2D eigenvalue weighted by Gasteiger charge is -2.15. The number of nitrogens with one attached hydrogen (secondary N) is 1. The van der Waals surface area contributed by atoms with E-state index in [0.717, 1.165) is 12.1 Å². The van der Waals surface area contributed by atoms with Gasteiger partial charge < -0.3 is 4.98 Å². The predicted octanol–water partition coefficient (Wildman–Crippen LogP) is 4.17. The third-order valence-corrected chi connectivity index (χ3v) is 3.06. The molecular weight excluding hydrogens is 266 g/mol. The highest BCUT2D eigenvalue weighted by Gasteiger charge is 2.32.